The van der Waals surface area contributed by atoms with Gasteiger partial charge in [0.25, 0.3) is 0 Å². The first-order valence-electron chi connectivity index (χ1n) is 9.64. The van der Waals surface area contributed by atoms with E-state index in [4.69, 9.17) is 4.74 Å². The Labute approximate surface area is 164 Å². The second-order valence-electron chi connectivity index (χ2n) is 7.40. The molecule has 2 aromatic rings. The average Bonchev–Trinajstić information content (AvgIpc) is 2.64. The minimum absolute atomic E-state index is 0. The highest BCUT2D eigenvalue weighted by atomic mass is 35.5. The lowest BCUT2D eigenvalue weighted by Gasteiger charge is -2.35. The maximum Gasteiger partial charge on any atom is 0.119 e. The van der Waals surface area contributed by atoms with Gasteiger partial charge in [-0.15, -0.1) is 12.4 Å². The summed E-state index contributed by atoms with van der Waals surface area (Å²) in [5.74, 6) is 0.943. The number of hydrogen-bond acceptors (Lipinski definition) is 2. The molecule has 0 heterocycles. The lowest BCUT2D eigenvalue weighted by atomic mass is 9.81. The molecule has 1 fully saturated rings. The zero-order valence-electron chi connectivity index (χ0n) is 16.0. The summed E-state index contributed by atoms with van der Waals surface area (Å²) >= 11 is 0. The molecule has 0 spiro atoms. The van der Waals surface area contributed by atoms with E-state index in [2.05, 4.69) is 72.9 Å². The molecule has 3 rings (SSSR count). The van der Waals surface area contributed by atoms with Crippen LogP contribution in [0, 0.1) is 5.92 Å². The van der Waals surface area contributed by atoms with E-state index in [0.29, 0.717) is 6.04 Å². The van der Waals surface area contributed by atoms with Crippen LogP contribution in [0.1, 0.15) is 50.2 Å². The number of benzene rings is 2. The van der Waals surface area contributed by atoms with Gasteiger partial charge in [-0.25, -0.2) is 0 Å². The van der Waals surface area contributed by atoms with Crippen molar-refractivity contribution in [3.63, 3.8) is 0 Å². The van der Waals surface area contributed by atoms with Crippen LogP contribution in [0.3, 0.4) is 0 Å². The van der Waals surface area contributed by atoms with Crippen molar-refractivity contribution in [3.05, 3.63) is 71.8 Å². The van der Waals surface area contributed by atoms with Crippen molar-refractivity contribution in [2.75, 3.05) is 13.7 Å². The van der Waals surface area contributed by atoms with Crippen molar-refractivity contribution in [2.24, 2.45) is 5.92 Å². The number of ether oxygens (including phenoxy) is 1. The van der Waals surface area contributed by atoms with Crippen molar-refractivity contribution in [2.45, 2.75) is 50.7 Å². The van der Waals surface area contributed by atoms with E-state index in [1.165, 1.54) is 36.8 Å². The quantitative estimate of drug-likeness (QED) is 0.621. The van der Waals surface area contributed by atoms with Crippen LogP contribution in [0.15, 0.2) is 60.7 Å². The zero-order chi connectivity index (χ0) is 17.5. The van der Waals surface area contributed by atoms with Gasteiger partial charge in [-0.1, -0.05) is 79.9 Å². The third kappa shape index (κ3) is 4.88. The van der Waals surface area contributed by atoms with E-state index in [1.54, 1.807) is 0 Å². The van der Waals surface area contributed by atoms with Crippen LogP contribution in [0.25, 0.3) is 0 Å². The molecule has 0 saturated heterocycles. The number of hydrogen-bond donors (Lipinski definition) is 1. The molecule has 1 saturated carbocycles. The summed E-state index contributed by atoms with van der Waals surface area (Å²) in [4.78, 5) is 0. The van der Waals surface area contributed by atoms with Crippen LogP contribution in [-0.2, 0) is 10.3 Å². The molecular formula is C23H32ClNO. The molecule has 1 aliphatic rings. The van der Waals surface area contributed by atoms with E-state index < -0.39 is 5.60 Å². The molecule has 1 atom stereocenters. The SMILES string of the molecule is COC(CCNC(C)CC1CCC1)(c1ccccc1)c1ccccc1.Cl. The Balaban J connectivity index is 0.00000243. The average molecular weight is 374 g/mol. The van der Waals surface area contributed by atoms with Crippen molar-refractivity contribution >= 4 is 12.4 Å². The number of methoxy groups -OCH3 is 1. The Bertz CT molecular complexity index is 588. The molecule has 1 aliphatic carbocycles. The molecule has 26 heavy (non-hydrogen) atoms. The highest BCUT2D eigenvalue weighted by Crippen LogP contribution is 2.36. The van der Waals surface area contributed by atoms with Crippen LogP contribution < -0.4 is 5.32 Å². The standard InChI is InChI=1S/C23H31NO.ClH/c1-19(18-20-10-9-11-20)24-17-16-23(25-2,21-12-5-3-6-13-21)22-14-7-4-8-15-22;/h3-8,12-15,19-20,24H,9-11,16-18H2,1-2H3;1H. The van der Waals surface area contributed by atoms with Gasteiger partial charge in [0, 0.05) is 13.2 Å². The van der Waals surface area contributed by atoms with Crippen molar-refractivity contribution in [1.29, 1.82) is 0 Å². The van der Waals surface area contributed by atoms with E-state index in [9.17, 15) is 0 Å². The molecule has 3 heteroatoms. The van der Waals surface area contributed by atoms with Gasteiger partial charge < -0.3 is 10.1 Å². The number of rotatable bonds is 9. The maximum absolute atomic E-state index is 6.17. The fourth-order valence-electron chi connectivity index (χ4n) is 4.01. The molecule has 2 aromatic carbocycles. The summed E-state index contributed by atoms with van der Waals surface area (Å²) < 4.78 is 6.17. The predicted molar refractivity (Wildman–Crippen MR) is 112 cm³/mol. The summed E-state index contributed by atoms with van der Waals surface area (Å²) in [7, 11) is 1.83. The van der Waals surface area contributed by atoms with Gasteiger partial charge in [0.05, 0.1) is 0 Å². The van der Waals surface area contributed by atoms with Crippen LogP contribution in [-0.4, -0.2) is 19.7 Å². The van der Waals surface area contributed by atoms with Crippen LogP contribution in [0.5, 0.6) is 0 Å². The summed E-state index contributed by atoms with van der Waals surface area (Å²) in [5, 5.41) is 3.73. The Hall–Kier alpha value is -1.35. The first-order chi connectivity index (χ1) is 12.2. The third-order valence-electron chi connectivity index (χ3n) is 5.71. The van der Waals surface area contributed by atoms with Crippen molar-refractivity contribution < 1.29 is 4.74 Å². The zero-order valence-corrected chi connectivity index (χ0v) is 16.8. The van der Waals surface area contributed by atoms with E-state index in [1.807, 2.05) is 7.11 Å². The maximum atomic E-state index is 6.17. The molecule has 1 unspecified atom stereocenters. The van der Waals surface area contributed by atoms with Crippen LogP contribution >= 0.6 is 12.4 Å². The van der Waals surface area contributed by atoms with Gasteiger partial charge in [-0.05, 0) is 43.4 Å². The fourth-order valence-corrected chi connectivity index (χ4v) is 4.01. The Morgan fingerprint density at radius 3 is 1.96 bits per heavy atom. The summed E-state index contributed by atoms with van der Waals surface area (Å²) in [6.45, 7) is 3.27. The Morgan fingerprint density at radius 1 is 1.00 bits per heavy atom. The Kier molecular flexibility index (Phi) is 8.15. The lowest BCUT2D eigenvalue weighted by Crippen LogP contribution is -2.37. The molecule has 0 amide bonds. The second kappa shape index (κ2) is 10.1. The summed E-state index contributed by atoms with van der Waals surface area (Å²) in [6, 6.07) is 21.8. The van der Waals surface area contributed by atoms with Crippen LogP contribution in [0.2, 0.25) is 0 Å². The molecule has 0 radical (unpaired) electrons. The Morgan fingerprint density at radius 2 is 1.54 bits per heavy atom. The predicted octanol–water partition coefficient (Wildman–Crippen LogP) is 5.56. The smallest absolute Gasteiger partial charge is 0.119 e. The minimum Gasteiger partial charge on any atom is -0.369 e. The summed E-state index contributed by atoms with van der Waals surface area (Å²) in [6.07, 6.45) is 6.49. The van der Waals surface area contributed by atoms with Crippen molar-refractivity contribution in [3.8, 4) is 0 Å². The minimum atomic E-state index is -0.397. The monoisotopic (exact) mass is 373 g/mol. The molecular weight excluding hydrogens is 342 g/mol. The van der Waals surface area contributed by atoms with Gasteiger partial charge >= 0.3 is 0 Å². The number of nitrogens with one attached hydrogen (secondary N) is 1. The molecule has 142 valence electrons. The van der Waals surface area contributed by atoms with Crippen molar-refractivity contribution in [1.82, 2.24) is 5.32 Å². The van der Waals surface area contributed by atoms with E-state index in [-0.39, 0.29) is 12.4 Å². The van der Waals surface area contributed by atoms with E-state index >= 15 is 0 Å². The van der Waals surface area contributed by atoms with Gasteiger partial charge in [0.15, 0.2) is 0 Å². The largest absolute Gasteiger partial charge is 0.369 e. The normalized spacial score (nSPS) is 15.8. The lowest BCUT2D eigenvalue weighted by molar-refractivity contribution is 0.0141. The van der Waals surface area contributed by atoms with Crippen LogP contribution in [0.4, 0.5) is 0 Å². The number of halogens is 1. The van der Waals surface area contributed by atoms with Gasteiger partial charge in [-0.2, -0.15) is 0 Å². The molecule has 0 aromatic heterocycles. The molecule has 0 bridgehead atoms. The highest BCUT2D eigenvalue weighted by Gasteiger charge is 2.33. The first-order valence-corrected chi connectivity index (χ1v) is 9.64. The summed E-state index contributed by atoms with van der Waals surface area (Å²) in [5.41, 5.74) is 2.04. The molecule has 1 N–H and O–H groups in total. The topological polar surface area (TPSA) is 21.3 Å². The fraction of sp³-hybridized carbons (Fsp3) is 0.478. The van der Waals surface area contributed by atoms with Gasteiger partial charge in [-0.3, -0.25) is 0 Å². The van der Waals surface area contributed by atoms with Gasteiger partial charge in [0.1, 0.15) is 5.60 Å². The molecule has 0 aliphatic heterocycles. The third-order valence-corrected chi connectivity index (χ3v) is 5.71. The van der Waals surface area contributed by atoms with E-state index in [0.717, 1.165) is 18.9 Å². The van der Waals surface area contributed by atoms with Gasteiger partial charge in [0.2, 0.25) is 0 Å². The molecule has 2 nitrogen and oxygen atoms in total. The highest BCUT2D eigenvalue weighted by molar-refractivity contribution is 5.85. The first kappa shape index (κ1) is 21.0. The second-order valence-corrected chi connectivity index (χ2v) is 7.40.